The molecule has 6 nitrogen and oxygen atoms in total. The number of aryl methyl sites for hydroxylation is 1. The Labute approximate surface area is 165 Å². The first-order valence-corrected chi connectivity index (χ1v) is 9.41. The van der Waals surface area contributed by atoms with Crippen molar-refractivity contribution in [3.8, 4) is 17.0 Å². The Morgan fingerprint density at radius 1 is 1.14 bits per heavy atom. The van der Waals surface area contributed by atoms with Crippen LogP contribution in [0.2, 0.25) is 0 Å². The second-order valence-electron chi connectivity index (χ2n) is 6.32. The first-order valence-electron chi connectivity index (χ1n) is 8.59. The number of rotatable bonds is 5. The number of thiophene rings is 1. The number of aromatic nitrogens is 2. The van der Waals surface area contributed by atoms with Gasteiger partial charge in [-0.15, -0.1) is 11.3 Å². The first-order chi connectivity index (χ1) is 13.5. The van der Waals surface area contributed by atoms with Crippen LogP contribution >= 0.6 is 11.3 Å². The molecule has 2 aromatic heterocycles. The Hall–Kier alpha value is -3.45. The molecule has 0 fully saturated rings. The van der Waals surface area contributed by atoms with E-state index in [1.807, 2.05) is 55.5 Å². The molecule has 2 aromatic carbocycles. The summed E-state index contributed by atoms with van der Waals surface area (Å²) in [7, 11) is 0. The highest BCUT2D eigenvalue weighted by atomic mass is 32.1. The predicted molar refractivity (Wildman–Crippen MR) is 110 cm³/mol. The van der Waals surface area contributed by atoms with Gasteiger partial charge in [-0.05, 0) is 42.3 Å². The maximum atomic E-state index is 11.3. The number of hydrogen-bond acceptors (Lipinski definition) is 6. The third kappa shape index (κ3) is 3.52. The van der Waals surface area contributed by atoms with Crippen LogP contribution in [-0.2, 0) is 6.61 Å². The summed E-state index contributed by atoms with van der Waals surface area (Å²) in [5, 5.41) is 9.95. The fourth-order valence-corrected chi connectivity index (χ4v) is 3.86. The van der Waals surface area contributed by atoms with Crippen LogP contribution in [0.3, 0.4) is 0 Å². The van der Waals surface area contributed by atoms with Crippen molar-refractivity contribution in [1.29, 1.82) is 0 Å². The normalized spacial score (nSPS) is 10.9. The number of nitrogens with two attached hydrogens (primary N) is 1. The quantitative estimate of drug-likeness (QED) is 0.519. The Kier molecular flexibility index (Phi) is 4.67. The Balaban J connectivity index is 1.68. The summed E-state index contributed by atoms with van der Waals surface area (Å²) in [6.45, 7) is 2.44. The fourth-order valence-electron chi connectivity index (χ4n) is 2.98. The van der Waals surface area contributed by atoms with Gasteiger partial charge >= 0.3 is 5.97 Å². The molecule has 0 aliphatic rings. The number of nitrogens with zero attached hydrogens (tertiary/aromatic N) is 2. The number of carbonyl (C=O) groups is 1. The predicted octanol–water partition coefficient (Wildman–Crippen LogP) is 4.53. The molecule has 0 radical (unpaired) electrons. The number of carboxylic acids is 1. The summed E-state index contributed by atoms with van der Waals surface area (Å²) in [4.78, 5) is 20.6. The van der Waals surface area contributed by atoms with Crippen molar-refractivity contribution in [1.82, 2.24) is 9.97 Å². The second kappa shape index (κ2) is 7.28. The number of benzene rings is 2. The van der Waals surface area contributed by atoms with Crippen molar-refractivity contribution in [2.45, 2.75) is 13.5 Å². The molecule has 0 amide bonds. The van der Waals surface area contributed by atoms with E-state index in [1.54, 1.807) is 6.07 Å². The topological polar surface area (TPSA) is 98.3 Å². The maximum Gasteiger partial charge on any atom is 0.345 e. The molecule has 140 valence electrons. The zero-order chi connectivity index (χ0) is 19.7. The lowest BCUT2D eigenvalue weighted by Gasteiger charge is -2.11. The molecule has 2 heterocycles. The molecule has 0 aliphatic carbocycles. The number of hydrogen-bond donors (Lipinski definition) is 2. The van der Waals surface area contributed by atoms with Crippen molar-refractivity contribution >= 4 is 33.5 Å². The molecule has 3 N–H and O–H groups in total. The minimum absolute atomic E-state index is 0.116. The molecule has 4 rings (SSSR count). The van der Waals surface area contributed by atoms with Gasteiger partial charge in [0.25, 0.3) is 0 Å². The average molecular weight is 391 g/mol. The standard InChI is InChI=1S/C21H17N3O3S/c1-12-9-14(27-11-13-5-3-2-4-6-13)7-8-15(12)18-16-10-17(20(25)26)28-19(16)24-21(22)23-18/h2-10H,11H2,1H3,(H,25,26)(H2,22,23,24). The van der Waals surface area contributed by atoms with E-state index in [2.05, 4.69) is 9.97 Å². The van der Waals surface area contributed by atoms with Crippen LogP contribution in [0.25, 0.3) is 21.5 Å². The largest absolute Gasteiger partial charge is 0.489 e. The highest BCUT2D eigenvalue weighted by Gasteiger charge is 2.17. The maximum absolute atomic E-state index is 11.3. The zero-order valence-electron chi connectivity index (χ0n) is 15.0. The second-order valence-corrected chi connectivity index (χ2v) is 7.35. The molecule has 28 heavy (non-hydrogen) atoms. The van der Waals surface area contributed by atoms with Crippen LogP contribution in [0, 0.1) is 6.92 Å². The zero-order valence-corrected chi connectivity index (χ0v) is 15.9. The van der Waals surface area contributed by atoms with E-state index in [1.165, 1.54) is 0 Å². The van der Waals surface area contributed by atoms with E-state index < -0.39 is 5.97 Å². The van der Waals surface area contributed by atoms with E-state index in [0.29, 0.717) is 22.5 Å². The summed E-state index contributed by atoms with van der Waals surface area (Å²) in [6.07, 6.45) is 0. The minimum atomic E-state index is -0.992. The van der Waals surface area contributed by atoms with Crippen LogP contribution < -0.4 is 10.5 Å². The molecule has 7 heteroatoms. The molecule has 0 aliphatic heterocycles. The van der Waals surface area contributed by atoms with E-state index in [-0.39, 0.29) is 10.8 Å². The number of nitrogen functional groups attached to an aromatic ring is 1. The van der Waals surface area contributed by atoms with Crippen LogP contribution in [0.5, 0.6) is 5.75 Å². The Morgan fingerprint density at radius 3 is 2.64 bits per heavy atom. The molecule has 0 atom stereocenters. The molecule has 0 spiro atoms. The Morgan fingerprint density at radius 2 is 1.93 bits per heavy atom. The highest BCUT2D eigenvalue weighted by Crippen LogP contribution is 2.35. The van der Waals surface area contributed by atoms with Gasteiger partial charge in [0.15, 0.2) is 0 Å². The van der Waals surface area contributed by atoms with E-state index in [4.69, 9.17) is 10.5 Å². The van der Waals surface area contributed by atoms with Gasteiger partial charge in [0.2, 0.25) is 5.95 Å². The fraction of sp³-hybridized carbons (Fsp3) is 0.0952. The lowest BCUT2D eigenvalue weighted by Crippen LogP contribution is -1.99. The SMILES string of the molecule is Cc1cc(OCc2ccccc2)ccc1-c1nc(N)nc2sc(C(=O)O)cc12. The summed E-state index contributed by atoms with van der Waals surface area (Å²) in [5.74, 6) is -0.126. The molecule has 0 saturated heterocycles. The number of anilines is 1. The lowest BCUT2D eigenvalue weighted by atomic mass is 10.0. The molecule has 0 unspecified atom stereocenters. The summed E-state index contributed by atoms with van der Waals surface area (Å²) in [5.41, 5.74) is 9.38. The number of fused-ring (bicyclic) bond motifs is 1. The highest BCUT2D eigenvalue weighted by molar-refractivity contribution is 7.20. The van der Waals surface area contributed by atoms with E-state index in [0.717, 1.165) is 33.8 Å². The Bertz CT molecular complexity index is 1170. The van der Waals surface area contributed by atoms with Gasteiger partial charge in [0.1, 0.15) is 22.1 Å². The summed E-state index contributed by atoms with van der Waals surface area (Å²) < 4.78 is 5.88. The molecule has 0 bridgehead atoms. The number of aromatic carboxylic acids is 1. The van der Waals surface area contributed by atoms with Crippen LogP contribution in [0.4, 0.5) is 5.95 Å². The number of carboxylic acid groups (broad SMARTS) is 1. The van der Waals surface area contributed by atoms with E-state index in [9.17, 15) is 9.90 Å². The van der Waals surface area contributed by atoms with Crippen molar-refractivity contribution in [3.05, 3.63) is 70.6 Å². The van der Waals surface area contributed by atoms with E-state index >= 15 is 0 Å². The van der Waals surface area contributed by atoms with Gasteiger partial charge in [-0.3, -0.25) is 0 Å². The van der Waals surface area contributed by atoms with Gasteiger partial charge < -0.3 is 15.6 Å². The van der Waals surface area contributed by atoms with Crippen LogP contribution in [0.15, 0.2) is 54.6 Å². The lowest BCUT2D eigenvalue weighted by molar-refractivity contribution is 0.0702. The van der Waals surface area contributed by atoms with Gasteiger partial charge in [0, 0.05) is 10.9 Å². The van der Waals surface area contributed by atoms with Crippen LogP contribution in [-0.4, -0.2) is 21.0 Å². The molecule has 4 aromatic rings. The monoisotopic (exact) mass is 391 g/mol. The molecule has 0 saturated carbocycles. The van der Waals surface area contributed by atoms with Crippen LogP contribution in [0.1, 0.15) is 20.8 Å². The summed E-state index contributed by atoms with van der Waals surface area (Å²) >= 11 is 1.09. The average Bonchev–Trinajstić information content (AvgIpc) is 3.11. The van der Waals surface area contributed by atoms with Crippen molar-refractivity contribution in [2.75, 3.05) is 5.73 Å². The van der Waals surface area contributed by atoms with Crippen molar-refractivity contribution in [3.63, 3.8) is 0 Å². The third-order valence-electron chi connectivity index (χ3n) is 4.32. The molecular formula is C21H17N3O3S. The smallest absolute Gasteiger partial charge is 0.345 e. The van der Waals surface area contributed by atoms with Crippen molar-refractivity contribution < 1.29 is 14.6 Å². The first kappa shape index (κ1) is 17.9. The van der Waals surface area contributed by atoms with Gasteiger partial charge in [-0.25, -0.2) is 14.8 Å². The van der Waals surface area contributed by atoms with Gasteiger partial charge in [-0.2, -0.15) is 0 Å². The number of ether oxygens (including phenoxy) is 1. The van der Waals surface area contributed by atoms with Crippen molar-refractivity contribution in [2.24, 2.45) is 0 Å². The summed E-state index contributed by atoms with van der Waals surface area (Å²) in [6, 6.07) is 17.3. The molecular weight excluding hydrogens is 374 g/mol. The van der Waals surface area contributed by atoms with Gasteiger partial charge in [-0.1, -0.05) is 30.3 Å². The third-order valence-corrected chi connectivity index (χ3v) is 5.34. The minimum Gasteiger partial charge on any atom is -0.489 e. The van der Waals surface area contributed by atoms with Gasteiger partial charge in [0.05, 0.1) is 5.69 Å².